The number of nitrogen functional groups attached to an aromatic ring is 1. The van der Waals surface area contributed by atoms with Gasteiger partial charge in [-0.15, -0.1) is 0 Å². The first-order chi connectivity index (χ1) is 7.49. The minimum absolute atomic E-state index is 0.149. The molecule has 0 bridgehead atoms. The van der Waals surface area contributed by atoms with Gasteiger partial charge < -0.3 is 15.4 Å². The normalized spacial score (nSPS) is 19.8. The predicted molar refractivity (Wildman–Crippen MR) is 68.1 cm³/mol. The molecule has 1 saturated heterocycles. The monoisotopic (exact) mass is 240 g/mol. The number of nitrogens with two attached hydrogens (primary N) is 1. The van der Waals surface area contributed by atoms with Crippen LogP contribution in [0.25, 0.3) is 0 Å². The molecule has 0 aromatic heterocycles. The zero-order valence-electron chi connectivity index (χ0n) is 9.66. The Morgan fingerprint density at radius 2 is 2.19 bits per heavy atom. The van der Waals surface area contributed by atoms with E-state index >= 15 is 0 Å². The second kappa shape index (κ2) is 4.15. The highest BCUT2D eigenvalue weighted by molar-refractivity contribution is 6.34. The molecule has 0 amide bonds. The molecule has 0 radical (unpaired) electrons. The van der Waals surface area contributed by atoms with Crippen molar-refractivity contribution >= 4 is 23.0 Å². The fourth-order valence-corrected chi connectivity index (χ4v) is 2.37. The summed E-state index contributed by atoms with van der Waals surface area (Å²) in [5.41, 5.74) is 7.48. The molecule has 0 saturated carbocycles. The van der Waals surface area contributed by atoms with Crippen molar-refractivity contribution < 1.29 is 4.74 Å². The lowest BCUT2D eigenvalue weighted by atomic mass is 10.1. The van der Waals surface area contributed by atoms with Crippen molar-refractivity contribution in [2.24, 2.45) is 0 Å². The molecular formula is C12H17ClN2O. The number of hydrogen-bond donors (Lipinski definition) is 1. The molecule has 0 unspecified atom stereocenters. The molecule has 0 atom stereocenters. The number of halogens is 1. The average Bonchev–Trinajstić information content (AvgIpc) is 2.15. The SMILES string of the molecule is CC1(C)CN(c2c(N)cccc2Cl)CCO1. The molecule has 1 heterocycles. The van der Waals surface area contributed by atoms with E-state index in [1.165, 1.54) is 0 Å². The van der Waals surface area contributed by atoms with Crippen LogP contribution in [0.3, 0.4) is 0 Å². The molecular weight excluding hydrogens is 224 g/mol. The van der Waals surface area contributed by atoms with Gasteiger partial charge in [-0.1, -0.05) is 17.7 Å². The molecule has 0 aliphatic carbocycles. The number of anilines is 2. The lowest BCUT2D eigenvalue weighted by Gasteiger charge is -2.40. The zero-order chi connectivity index (χ0) is 11.8. The largest absolute Gasteiger partial charge is 0.397 e. The van der Waals surface area contributed by atoms with Crippen LogP contribution in [-0.4, -0.2) is 25.3 Å². The van der Waals surface area contributed by atoms with Gasteiger partial charge in [-0.25, -0.2) is 0 Å². The van der Waals surface area contributed by atoms with E-state index in [4.69, 9.17) is 22.1 Å². The summed E-state index contributed by atoms with van der Waals surface area (Å²) >= 11 is 6.19. The third-order valence-electron chi connectivity index (χ3n) is 2.76. The first-order valence-electron chi connectivity index (χ1n) is 5.42. The Morgan fingerprint density at radius 3 is 2.81 bits per heavy atom. The van der Waals surface area contributed by atoms with Crippen LogP contribution in [0.1, 0.15) is 13.8 Å². The Balaban J connectivity index is 2.30. The number of ether oxygens (including phenoxy) is 1. The topological polar surface area (TPSA) is 38.5 Å². The first-order valence-corrected chi connectivity index (χ1v) is 5.80. The molecule has 16 heavy (non-hydrogen) atoms. The van der Waals surface area contributed by atoms with E-state index in [0.717, 1.165) is 24.5 Å². The molecule has 1 aliphatic rings. The van der Waals surface area contributed by atoms with Gasteiger partial charge in [0, 0.05) is 13.1 Å². The quantitative estimate of drug-likeness (QED) is 0.767. The van der Waals surface area contributed by atoms with E-state index in [1.807, 2.05) is 18.2 Å². The van der Waals surface area contributed by atoms with Crippen molar-refractivity contribution in [1.29, 1.82) is 0 Å². The summed E-state index contributed by atoms with van der Waals surface area (Å²) < 4.78 is 5.67. The van der Waals surface area contributed by atoms with Crippen molar-refractivity contribution in [3.63, 3.8) is 0 Å². The maximum atomic E-state index is 6.19. The maximum absolute atomic E-state index is 6.19. The van der Waals surface area contributed by atoms with E-state index in [2.05, 4.69) is 18.7 Å². The number of benzene rings is 1. The number of rotatable bonds is 1. The molecule has 1 aromatic rings. The van der Waals surface area contributed by atoms with Crippen LogP contribution in [0, 0.1) is 0 Å². The van der Waals surface area contributed by atoms with Crippen molar-refractivity contribution in [1.82, 2.24) is 0 Å². The molecule has 1 aliphatic heterocycles. The van der Waals surface area contributed by atoms with Crippen LogP contribution in [0.2, 0.25) is 5.02 Å². The van der Waals surface area contributed by atoms with E-state index in [0.29, 0.717) is 11.6 Å². The average molecular weight is 241 g/mol. The van der Waals surface area contributed by atoms with Crippen molar-refractivity contribution in [2.75, 3.05) is 30.3 Å². The van der Waals surface area contributed by atoms with E-state index in [9.17, 15) is 0 Å². The lowest BCUT2D eigenvalue weighted by Crippen LogP contribution is -2.48. The zero-order valence-corrected chi connectivity index (χ0v) is 10.4. The summed E-state index contributed by atoms with van der Waals surface area (Å²) in [6.07, 6.45) is 0. The number of nitrogens with zero attached hydrogens (tertiary/aromatic N) is 1. The summed E-state index contributed by atoms with van der Waals surface area (Å²) in [5.74, 6) is 0. The summed E-state index contributed by atoms with van der Waals surface area (Å²) in [5, 5.41) is 0.706. The molecule has 1 fully saturated rings. The fraction of sp³-hybridized carbons (Fsp3) is 0.500. The molecule has 1 aromatic carbocycles. The molecule has 88 valence electrons. The highest BCUT2D eigenvalue weighted by atomic mass is 35.5. The Morgan fingerprint density at radius 1 is 1.44 bits per heavy atom. The van der Waals surface area contributed by atoms with Crippen LogP contribution in [0.5, 0.6) is 0 Å². The smallest absolute Gasteiger partial charge is 0.0801 e. The van der Waals surface area contributed by atoms with Gasteiger partial charge in [0.2, 0.25) is 0 Å². The molecule has 3 nitrogen and oxygen atoms in total. The van der Waals surface area contributed by atoms with Crippen molar-refractivity contribution in [3.05, 3.63) is 23.2 Å². The number of para-hydroxylation sites is 1. The highest BCUT2D eigenvalue weighted by Crippen LogP contribution is 2.34. The molecule has 2 N–H and O–H groups in total. The minimum atomic E-state index is -0.149. The van der Waals surface area contributed by atoms with Crippen LogP contribution in [0.15, 0.2) is 18.2 Å². The molecule has 4 heteroatoms. The van der Waals surface area contributed by atoms with Gasteiger partial charge >= 0.3 is 0 Å². The highest BCUT2D eigenvalue weighted by Gasteiger charge is 2.28. The van der Waals surface area contributed by atoms with Gasteiger partial charge in [0.15, 0.2) is 0 Å². The summed E-state index contributed by atoms with van der Waals surface area (Å²) in [6, 6.07) is 5.62. The van der Waals surface area contributed by atoms with Crippen LogP contribution in [-0.2, 0) is 4.74 Å². The van der Waals surface area contributed by atoms with Gasteiger partial charge in [0.05, 0.1) is 28.6 Å². The summed E-state index contributed by atoms with van der Waals surface area (Å²) in [4.78, 5) is 2.20. The lowest BCUT2D eigenvalue weighted by molar-refractivity contribution is -0.0276. The fourth-order valence-electron chi connectivity index (χ4n) is 2.07. The molecule has 0 spiro atoms. The van der Waals surface area contributed by atoms with Gasteiger partial charge in [-0.3, -0.25) is 0 Å². The van der Waals surface area contributed by atoms with Crippen LogP contribution < -0.4 is 10.6 Å². The first kappa shape index (κ1) is 11.6. The Kier molecular flexibility index (Phi) is 3.00. The summed E-state index contributed by atoms with van der Waals surface area (Å²) in [7, 11) is 0. The van der Waals surface area contributed by atoms with Gasteiger partial charge in [0.25, 0.3) is 0 Å². The van der Waals surface area contributed by atoms with E-state index in [-0.39, 0.29) is 5.60 Å². The molecule has 2 rings (SSSR count). The number of hydrogen-bond acceptors (Lipinski definition) is 3. The van der Waals surface area contributed by atoms with Crippen molar-refractivity contribution in [2.45, 2.75) is 19.4 Å². The Bertz CT molecular complexity index is 372. The van der Waals surface area contributed by atoms with Gasteiger partial charge in [0.1, 0.15) is 0 Å². The third-order valence-corrected chi connectivity index (χ3v) is 3.06. The third kappa shape index (κ3) is 2.25. The maximum Gasteiger partial charge on any atom is 0.0801 e. The van der Waals surface area contributed by atoms with Crippen LogP contribution in [0.4, 0.5) is 11.4 Å². The van der Waals surface area contributed by atoms with E-state index < -0.39 is 0 Å². The van der Waals surface area contributed by atoms with Gasteiger partial charge in [-0.05, 0) is 26.0 Å². The Hall–Kier alpha value is -0.930. The Labute approximate surface area is 101 Å². The van der Waals surface area contributed by atoms with Crippen molar-refractivity contribution in [3.8, 4) is 0 Å². The summed E-state index contributed by atoms with van der Waals surface area (Å²) in [6.45, 7) is 6.49. The predicted octanol–water partition coefficient (Wildman–Crippen LogP) is 2.54. The minimum Gasteiger partial charge on any atom is -0.397 e. The van der Waals surface area contributed by atoms with E-state index in [1.54, 1.807) is 0 Å². The second-order valence-electron chi connectivity index (χ2n) is 4.71. The second-order valence-corrected chi connectivity index (χ2v) is 5.11. The van der Waals surface area contributed by atoms with Gasteiger partial charge in [-0.2, -0.15) is 0 Å². The van der Waals surface area contributed by atoms with Crippen LogP contribution >= 0.6 is 11.6 Å². The number of morpholine rings is 1. The standard InChI is InChI=1S/C12H17ClN2O/c1-12(2)8-15(6-7-16-12)11-9(13)4-3-5-10(11)14/h3-5H,6-8,14H2,1-2H3.